The van der Waals surface area contributed by atoms with Gasteiger partial charge in [-0.3, -0.25) is 9.59 Å². The van der Waals surface area contributed by atoms with Gasteiger partial charge in [0.2, 0.25) is 11.8 Å². The number of halogens is 1. The minimum atomic E-state index is -0.331. The van der Waals surface area contributed by atoms with Gasteiger partial charge in [0, 0.05) is 18.3 Å². The topological polar surface area (TPSA) is 63.4 Å². The number of benzene rings is 1. The maximum absolute atomic E-state index is 13.0. The summed E-state index contributed by atoms with van der Waals surface area (Å²) < 4.78 is 13.0. The molecule has 1 aliphatic heterocycles. The van der Waals surface area contributed by atoms with E-state index in [1.54, 1.807) is 28.8 Å². The molecule has 1 heterocycles. The van der Waals surface area contributed by atoms with Gasteiger partial charge in [0.15, 0.2) is 0 Å². The van der Waals surface area contributed by atoms with E-state index in [1.807, 2.05) is 13.8 Å². The average Bonchev–Trinajstić information content (AvgIpc) is 2.54. The fourth-order valence-electron chi connectivity index (χ4n) is 2.84. The molecule has 0 radical (unpaired) electrons. The van der Waals surface area contributed by atoms with Crippen LogP contribution in [0.3, 0.4) is 0 Å². The molecule has 0 saturated carbocycles. The van der Waals surface area contributed by atoms with Crippen LogP contribution in [0.4, 0.5) is 4.39 Å². The van der Waals surface area contributed by atoms with Gasteiger partial charge < -0.3 is 10.6 Å². The van der Waals surface area contributed by atoms with E-state index < -0.39 is 0 Å². The molecule has 0 aromatic heterocycles. The van der Waals surface area contributed by atoms with Gasteiger partial charge in [-0.25, -0.2) is 4.39 Å². The maximum Gasteiger partial charge on any atom is 0.235 e. The predicted octanol–water partition coefficient (Wildman–Crippen LogP) is 2.73. The Balaban J connectivity index is 1.94. The second-order valence-corrected chi connectivity index (χ2v) is 7.68. The highest BCUT2D eigenvalue weighted by molar-refractivity contribution is 8.00. The molecule has 1 aromatic carbocycles. The summed E-state index contributed by atoms with van der Waals surface area (Å²) >= 11 is 1.54. The van der Waals surface area contributed by atoms with Crippen molar-refractivity contribution in [3.63, 3.8) is 0 Å². The Labute approximate surface area is 140 Å². The summed E-state index contributed by atoms with van der Waals surface area (Å²) in [5.74, 6) is -0.794. The summed E-state index contributed by atoms with van der Waals surface area (Å²) in [5, 5.41) is -0.132. The Morgan fingerprint density at radius 2 is 1.96 bits per heavy atom. The standard InChI is InChI=1S/C17H23FN2O2S/c1-11(13-5-7-15(18)8-6-13)23-12(2)17(22)20-9-3-4-14(10-20)16(19)21/h5-8,11-12,14H,3-4,9-10H2,1-2H3,(H2,19,21). The lowest BCUT2D eigenvalue weighted by Gasteiger charge is -2.33. The number of rotatable bonds is 5. The van der Waals surface area contributed by atoms with Crippen LogP contribution in [0.1, 0.15) is 37.5 Å². The molecular weight excluding hydrogens is 315 g/mol. The molecular formula is C17H23FN2O2S. The lowest BCUT2D eigenvalue weighted by Crippen LogP contribution is -2.46. The third kappa shape index (κ3) is 4.70. The molecule has 0 aliphatic carbocycles. The van der Waals surface area contributed by atoms with E-state index in [2.05, 4.69) is 0 Å². The zero-order valence-electron chi connectivity index (χ0n) is 13.5. The number of carbonyl (C=O) groups excluding carboxylic acids is 2. The first-order chi connectivity index (χ1) is 10.9. The van der Waals surface area contributed by atoms with Crippen molar-refractivity contribution in [3.8, 4) is 0 Å². The highest BCUT2D eigenvalue weighted by atomic mass is 32.2. The van der Waals surface area contributed by atoms with Gasteiger partial charge in [-0.05, 0) is 44.4 Å². The van der Waals surface area contributed by atoms with Crippen molar-refractivity contribution in [2.75, 3.05) is 13.1 Å². The number of carbonyl (C=O) groups is 2. The molecule has 2 amide bonds. The van der Waals surface area contributed by atoms with Crippen molar-refractivity contribution < 1.29 is 14.0 Å². The van der Waals surface area contributed by atoms with Crippen LogP contribution in [0.25, 0.3) is 0 Å². The van der Waals surface area contributed by atoms with E-state index in [4.69, 9.17) is 5.73 Å². The molecule has 3 atom stereocenters. The first-order valence-electron chi connectivity index (χ1n) is 7.87. The summed E-state index contributed by atoms with van der Waals surface area (Å²) in [6.07, 6.45) is 1.57. The minimum absolute atomic E-state index is 0.0370. The second-order valence-electron chi connectivity index (χ2n) is 6.00. The highest BCUT2D eigenvalue weighted by Crippen LogP contribution is 2.33. The third-order valence-corrected chi connectivity index (χ3v) is 5.52. The largest absolute Gasteiger partial charge is 0.369 e. The Morgan fingerprint density at radius 1 is 1.30 bits per heavy atom. The van der Waals surface area contributed by atoms with Gasteiger partial charge in [0.05, 0.1) is 11.2 Å². The Morgan fingerprint density at radius 3 is 2.57 bits per heavy atom. The van der Waals surface area contributed by atoms with Crippen LogP contribution < -0.4 is 5.73 Å². The van der Waals surface area contributed by atoms with Crippen molar-refractivity contribution in [1.82, 2.24) is 4.90 Å². The van der Waals surface area contributed by atoms with Gasteiger partial charge in [0.1, 0.15) is 5.82 Å². The number of hydrogen-bond donors (Lipinski definition) is 1. The molecule has 0 spiro atoms. The summed E-state index contributed by atoms with van der Waals surface area (Å²) in [5.41, 5.74) is 6.35. The molecule has 3 unspecified atom stereocenters. The number of likely N-dealkylation sites (tertiary alicyclic amines) is 1. The average molecular weight is 338 g/mol. The van der Waals surface area contributed by atoms with Crippen molar-refractivity contribution in [2.24, 2.45) is 11.7 Å². The van der Waals surface area contributed by atoms with E-state index >= 15 is 0 Å². The molecule has 6 heteroatoms. The number of amides is 2. The van der Waals surface area contributed by atoms with E-state index in [1.165, 1.54) is 12.1 Å². The molecule has 2 rings (SSSR count). The minimum Gasteiger partial charge on any atom is -0.369 e. The molecule has 2 N–H and O–H groups in total. The number of hydrogen-bond acceptors (Lipinski definition) is 3. The molecule has 1 aromatic rings. The van der Waals surface area contributed by atoms with Gasteiger partial charge >= 0.3 is 0 Å². The Bertz CT molecular complexity index is 564. The molecule has 1 fully saturated rings. The van der Waals surface area contributed by atoms with Crippen LogP contribution in [0.2, 0.25) is 0 Å². The first kappa shape index (κ1) is 17.8. The molecule has 4 nitrogen and oxygen atoms in total. The van der Waals surface area contributed by atoms with Gasteiger partial charge in [-0.15, -0.1) is 11.8 Å². The number of nitrogens with zero attached hydrogens (tertiary/aromatic N) is 1. The molecule has 0 bridgehead atoms. The first-order valence-corrected chi connectivity index (χ1v) is 8.81. The van der Waals surface area contributed by atoms with E-state index in [0.717, 1.165) is 18.4 Å². The summed E-state index contributed by atoms with van der Waals surface area (Å²) in [7, 11) is 0. The van der Waals surface area contributed by atoms with Crippen molar-refractivity contribution in [3.05, 3.63) is 35.6 Å². The van der Waals surface area contributed by atoms with Crippen molar-refractivity contribution >= 4 is 23.6 Å². The monoisotopic (exact) mass is 338 g/mol. The van der Waals surface area contributed by atoms with Crippen LogP contribution in [0.5, 0.6) is 0 Å². The normalized spacial score (nSPS) is 20.8. The molecule has 126 valence electrons. The highest BCUT2D eigenvalue weighted by Gasteiger charge is 2.30. The quantitative estimate of drug-likeness (QED) is 0.898. The summed E-state index contributed by atoms with van der Waals surface area (Å²) in [6, 6.07) is 6.35. The number of nitrogens with two attached hydrogens (primary N) is 1. The summed E-state index contributed by atoms with van der Waals surface area (Å²) in [6.45, 7) is 4.98. The molecule has 1 saturated heterocycles. The SMILES string of the molecule is CC(SC(C)c1ccc(F)cc1)C(=O)N1CCCC(C(N)=O)C1. The van der Waals surface area contributed by atoms with Crippen molar-refractivity contribution in [2.45, 2.75) is 37.2 Å². The zero-order chi connectivity index (χ0) is 17.0. The zero-order valence-corrected chi connectivity index (χ0v) is 14.3. The van der Waals surface area contributed by atoms with Crippen LogP contribution in [-0.2, 0) is 9.59 Å². The fraction of sp³-hybridized carbons (Fsp3) is 0.529. The van der Waals surface area contributed by atoms with Gasteiger partial charge in [-0.1, -0.05) is 12.1 Å². The predicted molar refractivity (Wildman–Crippen MR) is 90.4 cm³/mol. The maximum atomic E-state index is 13.0. The summed E-state index contributed by atoms with van der Waals surface area (Å²) in [4.78, 5) is 25.7. The van der Waals surface area contributed by atoms with E-state index in [0.29, 0.717) is 13.1 Å². The third-order valence-electron chi connectivity index (χ3n) is 4.23. The van der Waals surface area contributed by atoms with Crippen LogP contribution in [-0.4, -0.2) is 35.1 Å². The lowest BCUT2D eigenvalue weighted by molar-refractivity contribution is -0.134. The van der Waals surface area contributed by atoms with Crippen molar-refractivity contribution in [1.29, 1.82) is 0 Å². The Hall–Kier alpha value is -1.56. The number of thioether (sulfide) groups is 1. The van der Waals surface area contributed by atoms with E-state index in [9.17, 15) is 14.0 Å². The van der Waals surface area contributed by atoms with Crippen LogP contribution in [0, 0.1) is 11.7 Å². The second kappa shape index (κ2) is 7.81. The smallest absolute Gasteiger partial charge is 0.235 e. The Kier molecular flexibility index (Phi) is 6.04. The van der Waals surface area contributed by atoms with E-state index in [-0.39, 0.29) is 34.0 Å². The van der Waals surface area contributed by atoms with Gasteiger partial charge in [-0.2, -0.15) is 0 Å². The van der Waals surface area contributed by atoms with Crippen LogP contribution >= 0.6 is 11.8 Å². The lowest BCUT2D eigenvalue weighted by atomic mass is 9.97. The molecule has 23 heavy (non-hydrogen) atoms. The van der Waals surface area contributed by atoms with Gasteiger partial charge in [0.25, 0.3) is 0 Å². The molecule has 1 aliphatic rings. The van der Waals surface area contributed by atoms with Crippen LogP contribution in [0.15, 0.2) is 24.3 Å². The number of primary amides is 1. The fourth-order valence-corrected chi connectivity index (χ4v) is 4.04. The number of piperidine rings is 1.